The zero-order valence-corrected chi connectivity index (χ0v) is 10.3. The number of methoxy groups -OCH3 is 1. The summed E-state index contributed by atoms with van der Waals surface area (Å²) < 4.78 is 4.75. The first-order valence-corrected chi connectivity index (χ1v) is 6.33. The van der Waals surface area contributed by atoms with Gasteiger partial charge in [-0.15, -0.1) is 0 Å². The Balaban J connectivity index is 1.99. The normalized spacial score (nSPS) is 29.1. The number of hydrogen-bond donors (Lipinski definition) is 1. The Morgan fingerprint density at radius 3 is 2.76 bits per heavy atom. The Labute approximate surface area is 101 Å². The highest BCUT2D eigenvalue weighted by molar-refractivity contribution is 5.86. The monoisotopic (exact) mass is 240 g/mol. The third-order valence-corrected chi connectivity index (χ3v) is 3.66. The highest BCUT2D eigenvalue weighted by atomic mass is 16.5. The van der Waals surface area contributed by atoms with Crippen LogP contribution >= 0.6 is 0 Å². The Morgan fingerprint density at radius 1 is 1.29 bits per heavy atom. The predicted molar refractivity (Wildman–Crippen MR) is 62.3 cm³/mol. The van der Waals surface area contributed by atoms with Crippen LogP contribution in [-0.2, 0) is 14.3 Å². The van der Waals surface area contributed by atoms with Crippen molar-refractivity contribution < 1.29 is 14.3 Å². The number of carbonyl (C=O) groups excluding carboxylic acids is 2. The van der Waals surface area contributed by atoms with Crippen molar-refractivity contribution in [1.29, 1.82) is 0 Å². The van der Waals surface area contributed by atoms with Gasteiger partial charge in [-0.25, -0.2) is 4.79 Å². The molecule has 0 bridgehead atoms. The maximum atomic E-state index is 12.3. The Kier molecular flexibility index (Phi) is 3.99. The van der Waals surface area contributed by atoms with Gasteiger partial charge < -0.3 is 15.0 Å². The van der Waals surface area contributed by atoms with Crippen molar-refractivity contribution >= 4 is 11.9 Å². The second kappa shape index (κ2) is 5.49. The van der Waals surface area contributed by atoms with E-state index in [1.807, 2.05) is 0 Å². The lowest BCUT2D eigenvalue weighted by Gasteiger charge is -2.29. The summed E-state index contributed by atoms with van der Waals surface area (Å²) in [5, 5.41) is 3.23. The molecule has 2 fully saturated rings. The minimum Gasteiger partial charge on any atom is -0.467 e. The van der Waals surface area contributed by atoms with Crippen LogP contribution in [0.4, 0.5) is 0 Å². The van der Waals surface area contributed by atoms with Gasteiger partial charge in [0.2, 0.25) is 5.91 Å². The van der Waals surface area contributed by atoms with Crippen LogP contribution in [0.5, 0.6) is 0 Å². The molecule has 1 unspecified atom stereocenters. The Hall–Kier alpha value is -1.10. The number of nitrogens with one attached hydrogen (secondary N) is 1. The van der Waals surface area contributed by atoms with Gasteiger partial charge in [0.05, 0.1) is 13.0 Å². The van der Waals surface area contributed by atoms with Crippen LogP contribution in [0.3, 0.4) is 0 Å². The van der Waals surface area contributed by atoms with Crippen LogP contribution in [0.25, 0.3) is 0 Å². The molecule has 2 saturated heterocycles. The summed E-state index contributed by atoms with van der Waals surface area (Å²) in [6.45, 7) is 2.42. The van der Waals surface area contributed by atoms with Gasteiger partial charge >= 0.3 is 5.97 Å². The van der Waals surface area contributed by atoms with E-state index in [1.165, 1.54) is 7.11 Å². The number of amides is 1. The molecule has 1 amide bonds. The van der Waals surface area contributed by atoms with Gasteiger partial charge in [-0.05, 0) is 32.2 Å². The fraction of sp³-hybridized carbons (Fsp3) is 0.833. The highest BCUT2D eigenvalue weighted by Gasteiger charge is 2.37. The summed E-state index contributed by atoms with van der Waals surface area (Å²) in [6.07, 6.45) is 3.59. The van der Waals surface area contributed by atoms with Gasteiger partial charge in [-0.1, -0.05) is 0 Å². The quantitative estimate of drug-likeness (QED) is 0.698. The SMILES string of the molecule is COC(=O)[C@@H]1CCCN1C(=O)C1CCCNC1. The van der Waals surface area contributed by atoms with Crippen molar-refractivity contribution in [2.45, 2.75) is 31.7 Å². The van der Waals surface area contributed by atoms with E-state index >= 15 is 0 Å². The first-order valence-electron chi connectivity index (χ1n) is 6.33. The lowest BCUT2D eigenvalue weighted by Crippen LogP contribution is -2.47. The van der Waals surface area contributed by atoms with Crippen LogP contribution in [0.2, 0.25) is 0 Å². The first kappa shape index (κ1) is 12.4. The number of nitrogens with zero attached hydrogens (tertiary/aromatic N) is 1. The molecule has 0 aliphatic carbocycles. The molecule has 0 aromatic carbocycles. The number of piperidine rings is 1. The van der Waals surface area contributed by atoms with E-state index in [0.717, 1.165) is 38.8 Å². The molecule has 0 aromatic rings. The smallest absolute Gasteiger partial charge is 0.328 e. The third kappa shape index (κ3) is 2.60. The van der Waals surface area contributed by atoms with Crippen molar-refractivity contribution in [2.24, 2.45) is 5.92 Å². The fourth-order valence-electron chi connectivity index (χ4n) is 2.71. The Bertz CT molecular complexity index is 300. The standard InChI is InChI=1S/C12H20N2O3/c1-17-12(16)10-5-3-7-14(10)11(15)9-4-2-6-13-8-9/h9-10,13H,2-8H2,1H3/t9?,10-/m0/s1. The summed E-state index contributed by atoms with van der Waals surface area (Å²) in [6, 6.07) is -0.352. The number of likely N-dealkylation sites (tertiary alicyclic amines) is 1. The zero-order valence-electron chi connectivity index (χ0n) is 10.3. The number of rotatable bonds is 2. The molecule has 17 heavy (non-hydrogen) atoms. The lowest BCUT2D eigenvalue weighted by atomic mass is 9.98. The second-order valence-electron chi connectivity index (χ2n) is 4.76. The maximum absolute atomic E-state index is 12.3. The third-order valence-electron chi connectivity index (χ3n) is 3.66. The number of carbonyl (C=O) groups is 2. The fourth-order valence-corrected chi connectivity index (χ4v) is 2.71. The molecule has 5 nitrogen and oxygen atoms in total. The second-order valence-corrected chi connectivity index (χ2v) is 4.76. The van der Waals surface area contributed by atoms with E-state index in [0.29, 0.717) is 6.54 Å². The van der Waals surface area contributed by atoms with E-state index in [2.05, 4.69) is 5.32 Å². The van der Waals surface area contributed by atoms with Gasteiger partial charge in [0.15, 0.2) is 0 Å². The molecule has 0 aromatic heterocycles. The van der Waals surface area contributed by atoms with Gasteiger partial charge in [-0.3, -0.25) is 4.79 Å². The highest BCUT2D eigenvalue weighted by Crippen LogP contribution is 2.23. The predicted octanol–water partition coefficient (Wildman–Crippen LogP) is 0.150. The van der Waals surface area contributed by atoms with E-state index in [4.69, 9.17) is 4.74 Å². The lowest BCUT2D eigenvalue weighted by molar-refractivity contribution is -0.152. The molecular formula is C12H20N2O3. The van der Waals surface area contributed by atoms with Crippen molar-refractivity contribution in [3.8, 4) is 0 Å². The summed E-state index contributed by atoms with van der Waals surface area (Å²) in [5.41, 5.74) is 0. The molecular weight excluding hydrogens is 220 g/mol. The number of hydrogen-bond acceptors (Lipinski definition) is 4. The van der Waals surface area contributed by atoms with E-state index in [1.54, 1.807) is 4.90 Å². The van der Waals surface area contributed by atoms with Crippen molar-refractivity contribution in [1.82, 2.24) is 10.2 Å². The molecule has 2 aliphatic heterocycles. The van der Waals surface area contributed by atoms with Crippen LogP contribution in [0.15, 0.2) is 0 Å². The van der Waals surface area contributed by atoms with Gasteiger partial charge in [0.1, 0.15) is 6.04 Å². The van der Waals surface area contributed by atoms with E-state index in [-0.39, 0.29) is 23.8 Å². The molecule has 2 aliphatic rings. The summed E-state index contributed by atoms with van der Waals surface area (Å²) in [7, 11) is 1.38. The average molecular weight is 240 g/mol. The van der Waals surface area contributed by atoms with E-state index < -0.39 is 0 Å². The zero-order chi connectivity index (χ0) is 12.3. The first-order chi connectivity index (χ1) is 8.24. The Morgan fingerprint density at radius 2 is 2.12 bits per heavy atom. The summed E-state index contributed by atoms with van der Waals surface area (Å²) >= 11 is 0. The van der Waals surface area contributed by atoms with Crippen LogP contribution in [-0.4, -0.2) is 49.6 Å². The molecule has 0 saturated carbocycles. The van der Waals surface area contributed by atoms with Gasteiger partial charge in [0.25, 0.3) is 0 Å². The van der Waals surface area contributed by atoms with Crippen LogP contribution in [0, 0.1) is 5.92 Å². The van der Waals surface area contributed by atoms with Crippen molar-refractivity contribution in [2.75, 3.05) is 26.7 Å². The van der Waals surface area contributed by atoms with Crippen LogP contribution in [0.1, 0.15) is 25.7 Å². The van der Waals surface area contributed by atoms with Gasteiger partial charge in [0, 0.05) is 13.1 Å². The summed E-state index contributed by atoms with van der Waals surface area (Å²) in [5.74, 6) is -0.126. The minimum absolute atomic E-state index is 0.0361. The van der Waals surface area contributed by atoms with Crippen molar-refractivity contribution in [3.05, 3.63) is 0 Å². The molecule has 2 heterocycles. The molecule has 1 N–H and O–H groups in total. The molecule has 0 spiro atoms. The average Bonchev–Trinajstić information content (AvgIpc) is 2.87. The van der Waals surface area contributed by atoms with Crippen LogP contribution < -0.4 is 5.32 Å². The molecule has 2 atom stereocenters. The molecule has 5 heteroatoms. The van der Waals surface area contributed by atoms with Crippen molar-refractivity contribution in [3.63, 3.8) is 0 Å². The van der Waals surface area contributed by atoms with E-state index in [9.17, 15) is 9.59 Å². The molecule has 2 rings (SSSR count). The molecule has 0 radical (unpaired) electrons. The topological polar surface area (TPSA) is 58.6 Å². The largest absolute Gasteiger partial charge is 0.467 e. The minimum atomic E-state index is -0.352. The number of ether oxygens (including phenoxy) is 1. The number of esters is 1. The summed E-state index contributed by atoms with van der Waals surface area (Å²) in [4.78, 5) is 25.6. The maximum Gasteiger partial charge on any atom is 0.328 e. The molecule has 96 valence electrons. The van der Waals surface area contributed by atoms with Gasteiger partial charge in [-0.2, -0.15) is 0 Å².